The Hall–Kier alpha value is -1.69. The van der Waals surface area contributed by atoms with Crippen molar-refractivity contribution in [3.63, 3.8) is 0 Å². The van der Waals surface area contributed by atoms with Gasteiger partial charge in [-0.1, -0.05) is 6.07 Å². The molecule has 0 heterocycles. The summed E-state index contributed by atoms with van der Waals surface area (Å²) >= 11 is 0. The van der Waals surface area contributed by atoms with Gasteiger partial charge >= 0.3 is 0 Å². The Morgan fingerprint density at radius 1 is 1.50 bits per heavy atom. The third kappa shape index (κ3) is 3.45. The molecule has 0 radical (unpaired) electrons. The Balaban J connectivity index is 1.98. The molecule has 0 amide bonds. The minimum absolute atomic E-state index is 0.0335. The van der Waals surface area contributed by atoms with E-state index in [0.717, 1.165) is 0 Å². The van der Waals surface area contributed by atoms with Gasteiger partial charge in [0, 0.05) is 24.6 Å². The fourth-order valence-corrected chi connectivity index (χ4v) is 2.26. The molecule has 3 atom stereocenters. The number of halogens is 2. The maximum absolute atomic E-state index is 13.6. The number of guanidine groups is 1. The number of nitrogens with one attached hydrogen (secondary N) is 1. The Morgan fingerprint density at radius 2 is 2.15 bits per heavy atom. The van der Waals surface area contributed by atoms with Crippen LogP contribution in [-0.2, 0) is 4.74 Å². The molecule has 3 N–H and O–H groups in total. The van der Waals surface area contributed by atoms with Gasteiger partial charge in [-0.05, 0) is 25.5 Å². The molecule has 1 aliphatic carbocycles. The van der Waals surface area contributed by atoms with Crippen LogP contribution in [-0.4, -0.2) is 31.8 Å². The Kier molecular flexibility index (Phi) is 4.54. The van der Waals surface area contributed by atoms with Crippen molar-refractivity contribution in [1.82, 2.24) is 5.32 Å². The molecule has 20 heavy (non-hydrogen) atoms. The molecule has 1 saturated carbocycles. The second-order valence-corrected chi connectivity index (χ2v) is 5.06. The van der Waals surface area contributed by atoms with Crippen molar-refractivity contribution in [3.05, 3.63) is 35.4 Å². The van der Waals surface area contributed by atoms with Crippen LogP contribution < -0.4 is 11.1 Å². The van der Waals surface area contributed by atoms with Gasteiger partial charge in [-0.3, -0.25) is 0 Å². The fraction of sp³-hybridized carbons (Fsp3) is 0.500. The van der Waals surface area contributed by atoms with E-state index in [1.165, 1.54) is 18.2 Å². The molecular weight excluding hydrogens is 264 g/mol. The van der Waals surface area contributed by atoms with Crippen molar-refractivity contribution in [3.8, 4) is 0 Å². The molecule has 6 heteroatoms. The molecule has 0 spiro atoms. The number of nitrogens with zero attached hydrogens (tertiary/aromatic N) is 1. The normalized spacial score (nSPS) is 23.5. The first-order chi connectivity index (χ1) is 9.52. The van der Waals surface area contributed by atoms with Gasteiger partial charge < -0.3 is 15.8 Å². The van der Waals surface area contributed by atoms with Gasteiger partial charge in [-0.25, -0.2) is 13.8 Å². The molecule has 3 unspecified atom stereocenters. The van der Waals surface area contributed by atoms with Gasteiger partial charge in [0.05, 0.1) is 12.6 Å². The summed E-state index contributed by atoms with van der Waals surface area (Å²) in [7, 11) is 1.60. The molecule has 0 saturated heterocycles. The van der Waals surface area contributed by atoms with Crippen LogP contribution in [0.3, 0.4) is 0 Å². The summed E-state index contributed by atoms with van der Waals surface area (Å²) in [5.74, 6) is -0.993. The second kappa shape index (κ2) is 6.17. The Labute approximate surface area is 117 Å². The highest BCUT2D eigenvalue weighted by Crippen LogP contribution is 2.45. The van der Waals surface area contributed by atoms with Crippen molar-refractivity contribution in [2.75, 3.05) is 13.7 Å². The minimum Gasteiger partial charge on any atom is -0.383 e. The summed E-state index contributed by atoms with van der Waals surface area (Å²) in [4.78, 5) is 4.25. The zero-order valence-corrected chi connectivity index (χ0v) is 11.6. The van der Waals surface area contributed by atoms with E-state index in [0.29, 0.717) is 13.0 Å². The van der Waals surface area contributed by atoms with E-state index >= 15 is 0 Å². The summed E-state index contributed by atoms with van der Waals surface area (Å²) in [5, 5.41) is 2.97. The smallest absolute Gasteiger partial charge is 0.189 e. The lowest BCUT2D eigenvalue weighted by atomic mass is 10.1. The number of benzene rings is 1. The molecule has 1 aliphatic rings. The second-order valence-electron chi connectivity index (χ2n) is 5.06. The zero-order chi connectivity index (χ0) is 14.7. The molecule has 0 aromatic heterocycles. The van der Waals surface area contributed by atoms with Crippen molar-refractivity contribution in [2.45, 2.75) is 31.3 Å². The average molecular weight is 283 g/mol. The lowest BCUT2D eigenvalue weighted by molar-refractivity contribution is 0.179. The quantitative estimate of drug-likeness (QED) is 0.639. The first kappa shape index (κ1) is 14.7. The van der Waals surface area contributed by atoms with E-state index in [9.17, 15) is 8.78 Å². The molecule has 1 aromatic rings. The van der Waals surface area contributed by atoms with Crippen LogP contribution in [0.15, 0.2) is 23.2 Å². The van der Waals surface area contributed by atoms with Gasteiger partial charge in [-0.15, -0.1) is 0 Å². The van der Waals surface area contributed by atoms with Crippen LogP contribution in [0.4, 0.5) is 8.78 Å². The zero-order valence-electron chi connectivity index (χ0n) is 11.6. The molecule has 0 bridgehead atoms. The first-order valence-corrected chi connectivity index (χ1v) is 6.55. The van der Waals surface area contributed by atoms with E-state index in [4.69, 9.17) is 10.5 Å². The minimum atomic E-state index is -0.521. The van der Waals surface area contributed by atoms with E-state index < -0.39 is 11.6 Å². The van der Waals surface area contributed by atoms with E-state index in [1.54, 1.807) is 7.11 Å². The number of nitrogens with two attached hydrogens (primary N) is 1. The van der Waals surface area contributed by atoms with Gasteiger partial charge in [0.15, 0.2) is 5.96 Å². The number of ether oxygens (including phenoxy) is 1. The van der Waals surface area contributed by atoms with Crippen LogP contribution in [0.5, 0.6) is 0 Å². The van der Waals surface area contributed by atoms with Gasteiger partial charge in [-0.2, -0.15) is 0 Å². The lowest BCUT2D eigenvalue weighted by Gasteiger charge is -2.13. The van der Waals surface area contributed by atoms with Crippen molar-refractivity contribution in [1.29, 1.82) is 0 Å². The molecule has 2 rings (SSSR count). The van der Waals surface area contributed by atoms with Crippen LogP contribution in [0, 0.1) is 11.6 Å². The standard InChI is InChI=1S/C14H19F2N3O/c1-8(7-20-2)18-14(17)19-12-6-9(12)13-10(15)4-3-5-11(13)16/h3-5,8-9,12H,6-7H2,1-2H3,(H3,17,18,19). The first-order valence-electron chi connectivity index (χ1n) is 6.55. The van der Waals surface area contributed by atoms with Crippen LogP contribution in [0.25, 0.3) is 0 Å². The number of aliphatic imine (C=N–C) groups is 1. The maximum atomic E-state index is 13.6. The predicted molar refractivity (Wildman–Crippen MR) is 73.6 cm³/mol. The summed E-state index contributed by atoms with van der Waals surface area (Å²) in [6.07, 6.45) is 0.610. The third-order valence-corrected chi connectivity index (χ3v) is 3.24. The van der Waals surface area contributed by atoms with Crippen LogP contribution in [0.2, 0.25) is 0 Å². The SMILES string of the molecule is COCC(C)NC(N)=NC1CC1c1c(F)cccc1F. The number of methoxy groups -OCH3 is 1. The summed E-state index contributed by atoms with van der Waals surface area (Å²) in [5.41, 5.74) is 5.87. The number of hydrogen-bond donors (Lipinski definition) is 2. The fourth-order valence-electron chi connectivity index (χ4n) is 2.26. The van der Waals surface area contributed by atoms with Gasteiger partial charge in [0.1, 0.15) is 11.6 Å². The monoisotopic (exact) mass is 283 g/mol. The van der Waals surface area contributed by atoms with Gasteiger partial charge in [0.2, 0.25) is 0 Å². The third-order valence-electron chi connectivity index (χ3n) is 3.24. The molecular formula is C14H19F2N3O. The molecule has 4 nitrogen and oxygen atoms in total. The van der Waals surface area contributed by atoms with E-state index in [-0.39, 0.29) is 29.5 Å². The molecule has 110 valence electrons. The summed E-state index contributed by atoms with van der Waals surface area (Å²) < 4.78 is 32.2. The van der Waals surface area contributed by atoms with Crippen molar-refractivity contribution >= 4 is 5.96 Å². The predicted octanol–water partition coefficient (Wildman–Crippen LogP) is 1.76. The van der Waals surface area contributed by atoms with E-state index in [2.05, 4.69) is 10.3 Å². The van der Waals surface area contributed by atoms with Crippen molar-refractivity contribution < 1.29 is 13.5 Å². The molecule has 1 aromatic carbocycles. The topological polar surface area (TPSA) is 59.6 Å². The van der Waals surface area contributed by atoms with Crippen molar-refractivity contribution in [2.24, 2.45) is 10.7 Å². The summed E-state index contributed by atoms with van der Waals surface area (Å²) in [6.45, 7) is 2.42. The summed E-state index contributed by atoms with van der Waals surface area (Å²) in [6, 6.07) is 3.76. The highest BCUT2D eigenvalue weighted by molar-refractivity contribution is 5.78. The number of rotatable bonds is 5. The highest BCUT2D eigenvalue weighted by Gasteiger charge is 2.42. The lowest BCUT2D eigenvalue weighted by Crippen LogP contribution is -2.40. The van der Waals surface area contributed by atoms with Gasteiger partial charge in [0.25, 0.3) is 0 Å². The van der Waals surface area contributed by atoms with E-state index in [1.807, 2.05) is 6.92 Å². The highest BCUT2D eigenvalue weighted by atomic mass is 19.1. The average Bonchev–Trinajstić information content (AvgIpc) is 3.07. The van der Waals surface area contributed by atoms with Crippen LogP contribution in [0.1, 0.15) is 24.8 Å². The van der Waals surface area contributed by atoms with Crippen LogP contribution >= 0.6 is 0 Å². The Morgan fingerprint density at radius 3 is 2.75 bits per heavy atom. The maximum Gasteiger partial charge on any atom is 0.189 e. The Bertz CT molecular complexity index is 487. The molecule has 1 fully saturated rings. The largest absolute Gasteiger partial charge is 0.383 e. The number of hydrogen-bond acceptors (Lipinski definition) is 2. The molecule has 0 aliphatic heterocycles.